The fourth-order valence-electron chi connectivity index (χ4n) is 14.9. The van der Waals surface area contributed by atoms with E-state index in [2.05, 4.69) is 90.0 Å². The lowest BCUT2D eigenvalue weighted by Crippen LogP contribution is -2.72. The largest absolute Gasteiger partial charge is 0.0625 e. The van der Waals surface area contributed by atoms with Crippen LogP contribution in [-0.2, 0) is 0 Å². The van der Waals surface area contributed by atoms with Gasteiger partial charge >= 0.3 is 0 Å². The third-order valence-electron chi connectivity index (χ3n) is 17.0. The van der Waals surface area contributed by atoms with Crippen LogP contribution in [-0.4, -0.2) is 0 Å². The molecule has 0 aliphatic heterocycles. The molecule has 15 atom stereocenters. The highest BCUT2D eigenvalue weighted by molar-refractivity contribution is 5.20. The molecule has 0 bridgehead atoms. The predicted octanol–water partition coefficient (Wildman–Crippen LogP) is 11.2. The Morgan fingerprint density at radius 2 is 1.24 bits per heavy atom. The first-order valence-corrected chi connectivity index (χ1v) is 17.6. The minimum Gasteiger partial charge on any atom is -0.0625 e. The van der Waals surface area contributed by atoms with Crippen molar-refractivity contribution >= 4 is 0 Å². The normalized spacial score (nSPS) is 61.1. The van der Waals surface area contributed by atoms with Gasteiger partial charge in [-0.2, -0.15) is 0 Å². The van der Waals surface area contributed by atoms with E-state index in [4.69, 9.17) is 0 Å². The molecule has 0 aromatic heterocycles. The van der Waals surface area contributed by atoms with Crippen molar-refractivity contribution in [2.45, 2.75) is 135 Å². The number of rotatable bonds is 2. The Hall–Kier alpha value is 0. The van der Waals surface area contributed by atoms with Crippen molar-refractivity contribution in [2.24, 2.45) is 105 Å². The maximum absolute atomic E-state index is 2.85. The minimum absolute atomic E-state index is 0.426. The van der Waals surface area contributed by atoms with Crippen LogP contribution in [0.15, 0.2) is 0 Å². The van der Waals surface area contributed by atoms with Gasteiger partial charge in [0.15, 0.2) is 0 Å². The van der Waals surface area contributed by atoms with Gasteiger partial charge in [-0.1, -0.05) is 109 Å². The molecule has 5 aliphatic rings. The Labute approximate surface area is 239 Å². The molecule has 0 amide bonds. The van der Waals surface area contributed by atoms with Crippen molar-refractivity contribution < 1.29 is 0 Å². The highest BCUT2D eigenvalue weighted by Gasteiger charge is 2.73. The summed E-state index contributed by atoms with van der Waals surface area (Å²) in [6.07, 6.45) is 10.5. The van der Waals surface area contributed by atoms with Crippen LogP contribution >= 0.6 is 0 Å². The van der Waals surface area contributed by atoms with Gasteiger partial charge in [0.1, 0.15) is 0 Å². The monoisotopic (exact) mass is 525 g/mol. The molecule has 5 rings (SSSR count). The number of hydrogen-bond donors (Lipinski definition) is 0. The van der Waals surface area contributed by atoms with E-state index in [0.717, 1.165) is 88.8 Å². The van der Waals surface area contributed by atoms with E-state index in [9.17, 15) is 0 Å². The SMILES string of the molecule is CC1CCC(C2CCC(C)C3C(C)C4C(C)C5(C)C(C)C(C(C)C)C(C)CC5(C)C(C)C4(C)C(C)C23)CC1. The van der Waals surface area contributed by atoms with Crippen LogP contribution in [0.5, 0.6) is 0 Å². The molecule has 0 N–H and O–H groups in total. The molecule has 5 saturated carbocycles. The Morgan fingerprint density at radius 1 is 0.632 bits per heavy atom. The first-order valence-electron chi connectivity index (χ1n) is 17.6. The smallest absolute Gasteiger partial charge is 0.0212 e. The zero-order chi connectivity index (χ0) is 28.1. The zero-order valence-electron chi connectivity index (χ0n) is 28.1. The molecule has 220 valence electrons. The van der Waals surface area contributed by atoms with Gasteiger partial charge in [-0.25, -0.2) is 0 Å². The van der Waals surface area contributed by atoms with Crippen molar-refractivity contribution in [3.8, 4) is 0 Å². The topological polar surface area (TPSA) is 0 Å². The van der Waals surface area contributed by atoms with Crippen LogP contribution in [0.2, 0.25) is 0 Å². The van der Waals surface area contributed by atoms with Crippen LogP contribution in [0.3, 0.4) is 0 Å². The van der Waals surface area contributed by atoms with Gasteiger partial charge in [0.2, 0.25) is 0 Å². The second-order valence-corrected chi connectivity index (χ2v) is 17.9. The van der Waals surface area contributed by atoms with Crippen molar-refractivity contribution in [2.75, 3.05) is 0 Å². The summed E-state index contributed by atoms with van der Waals surface area (Å²) >= 11 is 0. The molecule has 0 nitrogen and oxygen atoms in total. The van der Waals surface area contributed by atoms with Crippen LogP contribution in [0.25, 0.3) is 0 Å². The van der Waals surface area contributed by atoms with Crippen LogP contribution in [0.1, 0.15) is 135 Å². The molecule has 0 heterocycles. The summed E-state index contributed by atoms with van der Waals surface area (Å²) in [4.78, 5) is 0. The summed E-state index contributed by atoms with van der Waals surface area (Å²) in [7, 11) is 0. The molecule has 0 spiro atoms. The van der Waals surface area contributed by atoms with Crippen molar-refractivity contribution in [3.05, 3.63) is 0 Å². The van der Waals surface area contributed by atoms with Gasteiger partial charge < -0.3 is 0 Å². The molecule has 0 radical (unpaired) electrons. The standard InChI is InChI=1S/C38H68/c1-21(2)32-24(5)20-36(11)29(10)37(12)26(7)34-31(30-17-14-22(3)15-18-30)19-16-23(4)33(34)25(6)35(37)28(9)38(36,13)27(32)8/h21-35H,14-20H2,1-13H3. The van der Waals surface area contributed by atoms with Crippen molar-refractivity contribution in [1.82, 2.24) is 0 Å². The van der Waals surface area contributed by atoms with E-state index >= 15 is 0 Å². The number of hydrogen-bond acceptors (Lipinski definition) is 0. The van der Waals surface area contributed by atoms with Crippen LogP contribution in [0, 0.1) is 105 Å². The summed E-state index contributed by atoms with van der Waals surface area (Å²) in [5.41, 5.74) is 1.31. The summed E-state index contributed by atoms with van der Waals surface area (Å²) in [5, 5.41) is 0. The molecule has 0 aromatic rings. The quantitative estimate of drug-likeness (QED) is 0.337. The van der Waals surface area contributed by atoms with Gasteiger partial charge in [-0.3, -0.25) is 0 Å². The molecule has 0 heteroatoms. The second kappa shape index (κ2) is 9.79. The average Bonchev–Trinajstić information content (AvgIpc) is 2.85. The second-order valence-electron chi connectivity index (χ2n) is 17.9. The van der Waals surface area contributed by atoms with Gasteiger partial charge in [0, 0.05) is 0 Å². The van der Waals surface area contributed by atoms with E-state index in [0.29, 0.717) is 16.2 Å². The van der Waals surface area contributed by atoms with Gasteiger partial charge in [0.05, 0.1) is 0 Å². The van der Waals surface area contributed by atoms with E-state index in [1.165, 1.54) is 44.9 Å². The maximum atomic E-state index is 2.85. The Kier molecular flexibility index (Phi) is 7.59. The molecule has 5 aliphatic carbocycles. The summed E-state index contributed by atoms with van der Waals surface area (Å²) in [5.74, 6) is 13.3. The summed E-state index contributed by atoms with van der Waals surface area (Å²) in [6, 6.07) is 0. The number of fused-ring (bicyclic) bond motifs is 3. The van der Waals surface area contributed by atoms with E-state index in [-0.39, 0.29) is 0 Å². The molecule has 5 fully saturated rings. The highest BCUT2D eigenvalue weighted by Crippen LogP contribution is 2.78. The fourth-order valence-corrected chi connectivity index (χ4v) is 14.9. The highest BCUT2D eigenvalue weighted by atomic mass is 14.8. The molecular formula is C38H68. The Morgan fingerprint density at radius 3 is 1.82 bits per heavy atom. The van der Waals surface area contributed by atoms with Crippen LogP contribution in [0.4, 0.5) is 0 Å². The molecule has 15 unspecified atom stereocenters. The Bertz CT molecular complexity index is 848. The lowest BCUT2D eigenvalue weighted by atomic mass is 9.27. The lowest BCUT2D eigenvalue weighted by Gasteiger charge is -2.77. The van der Waals surface area contributed by atoms with Crippen LogP contribution < -0.4 is 0 Å². The van der Waals surface area contributed by atoms with E-state index < -0.39 is 0 Å². The van der Waals surface area contributed by atoms with Crippen molar-refractivity contribution in [1.29, 1.82) is 0 Å². The van der Waals surface area contributed by atoms with E-state index in [1.807, 2.05) is 0 Å². The summed E-state index contributed by atoms with van der Waals surface area (Å²) in [6.45, 7) is 35.1. The van der Waals surface area contributed by atoms with Crippen molar-refractivity contribution in [3.63, 3.8) is 0 Å². The van der Waals surface area contributed by atoms with Gasteiger partial charge in [0.25, 0.3) is 0 Å². The molecular weight excluding hydrogens is 456 g/mol. The molecule has 38 heavy (non-hydrogen) atoms. The summed E-state index contributed by atoms with van der Waals surface area (Å²) < 4.78 is 0. The van der Waals surface area contributed by atoms with Gasteiger partial charge in [-0.05, 0) is 131 Å². The zero-order valence-corrected chi connectivity index (χ0v) is 28.1. The Balaban J connectivity index is 1.59. The minimum atomic E-state index is 0.426. The average molecular weight is 525 g/mol. The lowest BCUT2D eigenvalue weighted by molar-refractivity contribution is -0.295. The van der Waals surface area contributed by atoms with E-state index in [1.54, 1.807) is 0 Å². The third-order valence-corrected chi connectivity index (χ3v) is 17.0. The van der Waals surface area contributed by atoms with Gasteiger partial charge in [-0.15, -0.1) is 0 Å². The first-order chi connectivity index (χ1) is 17.6. The molecule has 0 aromatic carbocycles. The fraction of sp³-hybridized carbons (Fsp3) is 1.00. The molecule has 0 saturated heterocycles. The predicted molar refractivity (Wildman–Crippen MR) is 166 cm³/mol. The maximum Gasteiger partial charge on any atom is -0.0212 e. The first kappa shape index (κ1) is 29.5. The third kappa shape index (κ3) is 3.71.